The van der Waals surface area contributed by atoms with Crippen molar-refractivity contribution in [3.63, 3.8) is 0 Å². The fraction of sp³-hybridized carbons (Fsp3) is 0.234. The van der Waals surface area contributed by atoms with Gasteiger partial charge < -0.3 is 29.4 Å². The van der Waals surface area contributed by atoms with Gasteiger partial charge in [-0.05, 0) is 79.8 Å². The van der Waals surface area contributed by atoms with E-state index in [1.807, 2.05) is 54.7 Å². The molecule has 8 aromatic rings. The molecule has 1 aliphatic heterocycles. The summed E-state index contributed by atoms with van der Waals surface area (Å²) >= 11 is 6.59. The van der Waals surface area contributed by atoms with Gasteiger partial charge in [-0.2, -0.15) is 12.6 Å². The normalized spacial score (nSPS) is 11.5. The Bertz CT molecular complexity index is 2990. The highest BCUT2D eigenvalue weighted by Crippen LogP contribution is 2.37. The van der Waals surface area contributed by atoms with Gasteiger partial charge in [-0.3, -0.25) is 14.7 Å². The van der Waals surface area contributed by atoms with Gasteiger partial charge >= 0.3 is 0 Å². The summed E-state index contributed by atoms with van der Waals surface area (Å²) in [4.78, 5) is 17.4. The molecular weight excluding hydrogens is 988 g/mol. The fourth-order valence-corrected chi connectivity index (χ4v) is 9.72. The molecule has 0 saturated carbocycles. The molecule has 21 heteroatoms. The lowest BCUT2D eigenvalue weighted by molar-refractivity contribution is 0.198. The number of pyridine rings is 2. The van der Waals surface area contributed by atoms with E-state index in [1.165, 1.54) is 82.9 Å². The molecule has 4 aromatic heterocycles. The largest absolute Gasteiger partial charge is 0.493 e. The van der Waals surface area contributed by atoms with Gasteiger partial charge in [0.25, 0.3) is 19.1 Å². The molecule has 1 aliphatic rings. The van der Waals surface area contributed by atoms with Crippen molar-refractivity contribution in [2.75, 3.05) is 58.4 Å². The van der Waals surface area contributed by atoms with Crippen molar-refractivity contribution in [3.8, 4) is 44.1 Å². The van der Waals surface area contributed by atoms with Crippen molar-refractivity contribution in [1.82, 2.24) is 19.9 Å². The molecule has 68 heavy (non-hydrogen) atoms. The summed E-state index contributed by atoms with van der Waals surface area (Å²) < 4.78 is 77.8. The number of sulfonamides is 1. The first-order valence-electron chi connectivity index (χ1n) is 19.6. The number of thiol groups is 1. The average molecular weight is 1040 g/mol. The minimum absolute atomic E-state index is 0. The zero-order valence-corrected chi connectivity index (χ0v) is 41.3. The predicted octanol–water partition coefficient (Wildman–Crippen LogP) is 11.4. The summed E-state index contributed by atoms with van der Waals surface area (Å²) in [5.41, 5.74) is 10.6. The molecular formula is C47H55ClN6O9S5. The number of aromatic nitrogens is 4. The Labute approximate surface area is 416 Å². The Balaban J connectivity index is 0.000000266. The third-order valence-electron chi connectivity index (χ3n) is 9.10. The van der Waals surface area contributed by atoms with Crippen molar-refractivity contribution in [1.29, 1.82) is 0 Å². The van der Waals surface area contributed by atoms with Gasteiger partial charge in [-0.25, -0.2) is 26.8 Å². The quantitative estimate of drug-likeness (QED) is 0.0663. The lowest BCUT2D eigenvalue weighted by Crippen LogP contribution is -2.13. The molecule has 0 atom stereocenters. The van der Waals surface area contributed by atoms with Gasteiger partial charge in [-0.15, -0.1) is 22.7 Å². The minimum atomic E-state index is -3.85. The first-order chi connectivity index (χ1) is 31.8. The van der Waals surface area contributed by atoms with E-state index < -0.39 is 19.1 Å². The van der Waals surface area contributed by atoms with Crippen LogP contribution < -0.4 is 29.4 Å². The summed E-state index contributed by atoms with van der Waals surface area (Å²) in [5, 5.41) is 1.65. The van der Waals surface area contributed by atoms with Crippen LogP contribution in [0.25, 0.3) is 41.6 Å². The molecule has 4 aromatic carbocycles. The summed E-state index contributed by atoms with van der Waals surface area (Å²) in [7, 11) is 3.42. The maximum absolute atomic E-state index is 13.0. The Morgan fingerprint density at radius 3 is 1.54 bits per heavy atom. The summed E-state index contributed by atoms with van der Waals surface area (Å²) in [5.74, 6) is 1.57. The zero-order valence-electron chi connectivity index (χ0n) is 36.4. The number of rotatable bonds is 10. The third kappa shape index (κ3) is 15.1. The third-order valence-corrected chi connectivity index (χ3v) is 13.9. The summed E-state index contributed by atoms with van der Waals surface area (Å²) in [6.07, 6.45) is 11.3. The Hall–Kier alpha value is -5.74. The number of nitrogens with one attached hydrogen (secondary N) is 1. The van der Waals surface area contributed by atoms with Crippen LogP contribution in [-0.4, -0.2) is 84.7 Å². The molecule has 0 aliphatic carbocycles. The van der Waals surface area contributed by atoms with Crippen LogP contribution in [0, 0.1) is 0 Å². The zero-order chi connectivity index (χ0) is 47.7. The number of hydrogen-bond acceptors (Lipinski definition) is 17. The summed E-state index contributed by atoms with van der Waals surface area (Å²) in [6, 6.07) is 27.2. The van der Waals surface area contributed by atoms with Crippen LogP contribution in [0.3, 0.4) is 0 Å². The molecule has 15 nitrogen and oxygen atoms in total. The van der Waals surface area contributed by atoms with Crippen LogP contribution in [0.4, 0.5) is 11.4 Å². The number of nitrogens with zero attached hydrogens (tertiary/aromatic N) is 4. The number of anilines is 2. The second-order valence-electron chi connectivity index (χ2n) is 13.3. The van der Waals surface area contributed by atoms with Gasteiger partial charge in [0, 0.05) is 77.6 Å². The highest BCUT2D eigenvalue weighted by molar-refractivity contribution is 8.13. The molecule has 0 spiro atoms. The minimum Gasteiger partial charge on any atom is -0.493 e. The second-order valence-corrected chi connectivity index (χ2v) is 19.6. The van der Waals surface area contributed by atoms with Crippen LogP contribution in [-0.2, 0) is 23.8 Å². The topological polar surface area (TPSA) is 204 Å². The van der Waals surface area contributed by atoms with Crippen LogP contribution in [0.5, 0.6) is 23.0 Å². The Morgan fingerprint density at radius 2 is 1.09 bits per heavy atom. The summed E-state index contributed by atoms with van der Waals surface area (Å²) in [6.45, 7) is 2.00. The number of benzene rings is 4. The number of nitrogen functional groups attached to an aromatic ring is 1. The predicted molar refractivity (Wildman–Crippen MR) is 281 cm³/mol. The molecule has 0 unspecified atom stereocenters. The van der Waals surface area contributed by atoms with Gasteiger partial charge in [0.15, 0.2) is 23.0 Å². The highest BCUT2D eigenvalue weighted by atomic mass is 35.7. The van der Waals surface area contributed by atoms with Crippen LogP contribution >= 0.6 is 46.0 Å². The smallest absolute Gasteiger partial charge is 0.262 e. The van der Waals surface area contributed by atoms with Gasteiger partial charge in [0.1, 0.15) is 10.0 Å². The van der Waals surface area contributed by atoms with E-state index in [9.17, 15) is 16.8 Å². The fourth-order valence-electron chi connectivity index (χ4n) is 5.91. The van der Waals surface area contributed by atoms with Crippen molar-refractivity contribution in [2.45, 2.75) is 37.5 Å². The lowest BCUT2D eigenvalue weighted by atomic mass is 10.2. The number of nitrogens with two attached hydrogens (primary N) is 1. The van der Waals surface area contributed by atoms with Crippen molar-refractivity contribution < 1.29 is 40.5 Å². The number of thiazole rings is 2. The van der Waals surface area contributed by atoms with Crippen LogP contribution in [0.1, 0.15) is 27.7 Å². The Morgan fingerprint density at radius 1 is 0.632 bits per heavy atom. The highest BCUT2D eigenvalue weighted by Gasteiger charge is 2.20. The van der Waals surface area contributed by atoms with Gasteiger partial charge in [0.2, 0.25) is 0 Å². The van der Waals surface area contributed by atoms with Crippen molar-refractivity contribution in [3.05, 3.63) is 122 Å². The molecule has 364 valence electrons. The molecule has 0 amide bonds. The number of hydrogen-bond donors (Lipinski definition) is 3. The SMILES string of the molecule is C.C.C1CCOC1.COc1ccc(S(=O)(=O)Cl)cc1OC.COc1ccc(S(=O)(=O)Nc2ccccc2-c2nc3ccncc3s2)cc1OC.CS.Nc1ccccc1-c1nc2ccncc2s1. The number of ether oxygens (including phenoxy) is 5. The number of methoxy groups -OCH3 is 4. The van der Waals surface area contributed by atoms with Gasteiger partial charge in [-0.1, -0.05) is 39.1 Å². The maximum atomic E-state index is 13.0. The second kappa shape index (κ2) is 27.3. The van der Waals surface area contributed by atoms with Crippen LogP contribution in [0.15, 0.2) is 132 Å². The molecule has 1 saturated heterocycles. The monoisotopic (exact) mass is 1040 g/mol. The molecule has 5 heterocycles. The first-order valence-corrected chi connectivity index (χ1v) is 26.0. The molecule has 9 rings (SSSR count). The molecule has 3 N–H and O–H groups in total. The standard InChI is InChI=1S/C20H17N3O4S2.C12H9N3S.C8H9ClO4S.C4H8O.CH4S.2CH4/c1-26-17-8-7-13(11-18(17)27-2)29(24,25)23-15-6-4-3-5-14(15)20-22-16-9-10-21-12-19(16)28-20;13-9-4-2-1-3-8(9)12-15-10-5-6-14-7-11(10)16-12;1-12-7-4-3-6(14(9,10)11)5-8(7)13-2;1-2-4-5-3-1;1-2;;/h3-12,23H,1-2H3;1-7H,13H2;3-5H,1-2H3;1-4H2;2H,1H3;2*1H4. The number of halogens is 1. The van der Waals surface area contributed by atoms with Crippen molar-refractivity contribution >= 4 is 96.9 Å². The van der Waals surface area contributed by atoms with E-state index >= 15 is 0 Å². The molecule has 0 bridgehead atoms. The van der Waals surface area contributed by atoms with E-state index in [2.05, 4.69) is 37.3 Å². The van der Waals surface area contributed by atoms with E-state index in [4.69, 9.17) is 40.1 Å². The van der Waals surface area contributed by atoms with Crippen LogP contribution in [0.2, 0.25) is 0 Å². The molecule has 0 radical (unpaired) electrons. The number of para-hydroxylation sites is 2. The first kappa shape index (κ1) is 56.6. The maximum Gasteiger partial charge on any atom is 0.262 e. The lowest BCUT2D eigenvalue weighted by Gasteiger charge is -2.13. The van der Waals surface area contributed by atoms with Gasteiger partial charge in [0.05, 0.1) is 64.4 Å². The van der Waals surface area contributed by atoms with E-state index in [0.29, 0.717) is 39.3 Å². The number of fused-ring (bicyclic) bond motifs is 2. The average Bonchev–Trinajstić information content (AvgIpc) is 4.15. The van der Waals surface area contributed by atoms with E-state index in [-0.39, 0.29) is 24.6 Å². The van der Waals surface area contributed by atoms with E-state index in [1.54, 1.807) is 54.4 Å². The Kier molecular flexibility index (Phi) is 22.7. The van der Waals surface area contributed by atoms with Crippen molar-refractivity contribution in [2.24, 2.45) is 0 Å². The molecule has 1 fully saturated rings. The van der Waals surface area contributed by atoms with E-state index in [0.717, 1.165) is 49.9 Å².